The van der Waals surface area contributed by atoms with Gasteiger partial charge in [0.05, 0.1) is 6.20 Å². The molecule has 2 aromatic rings. The first-order valence-electron chi connectivity index (χ1n) is 8.15. The van der Waals surface area contributed by atoms with Crippen molar-refractivity contribution in [2.75, 3.05) is 20.1 Å². The van der Waals surface area contributed by atoms with E-state index in [0.29, 0.717) is 5.92 Å². The van der Waals surface area contributed by atoms with Crippen LogP contribution in [0, 0.1) is 6.92 Å². The third-order valence-electron chi connectivity index (χ3n) is 4.47. The van der Waals surface area contributed by atoms with Gasteiger partial charge in [-0.05, 0) is 24.5 Å². The summed E-state index contributed by atoms with van der Waals surface area (Å²) in [6.07, 6.45) is 5.25. The van der Waals surface area contributed by atoms with Gasteiger partial charge in [-0.15, -0.1) is 24.0 Å². The average Bonchev–Trinajstić information content (AvgIpc) is 3.19. The van der Waals surface area contributed by atoms with Gasteiger partial charge in [-0.2, -0.15) is 5.10 Å². The molecule has 5 nitrogen and oxygen atoms in total. The number of nitrogens with zero attached hydrogens (tertiary/aromatic N) is 4. The van der Waals surface area contributed by atoms with Gasteiger partial charge in [-0.1, -0.05) is 29.8 Å². The molecule has 1 N–H and O–H groups in total. The van der Waals surface area contributed by atoms with Crippen LogP contribution in [0.1, 0.15) is 29.0 Å². The Morgan fingerprint density at radius 1 is 1.33 bits per heavy atom. The normalized spacial score (nSPS) is 17.7. The van der Waals surface area contributed by atoms with Crippen molar-refractivity contribution in [2.24, 2.45) is 12.0 Å². The number of aliphatic imine (C=N–C) groups is 1. The highest BCUT2D eigenvalue weighted by Gasteiger charge is 2.26. The quantitative estimate of drug-likeness (QED) is 0.455. The van der Waals surface area contributed by atoms with Gasteiger partial charge in [-0.3, -0.25) is 9.67 Å². The summed E-state index contributed by atoms with van der Waals surface area (Å²) in [5.74, 6) is 1.53. The van der Waals surface area contributed by atoms with Crippen LogP contribution in [0.15, 0.2) is 41.7 Å². The molecule has 1 fully saturated rings. The third kappa shape index (κ3) is 4.49. The first-order valence-corrected chi connectivity index (χ1v) is 8.15. The molecule has 0 spiro atoms. The number of halogens is 1. The zero-order valence-electron chi connectivity index (χ0n) is 14.6. The van der Waals surface area contributed by atoms with Gasteiger partial charge in [0.1, 0.15) is 0 Å². The number of hydrogen-bond acceptors (Lipinski definition) is 2. The van der Waals surface area contributed by atoms with Crippen molar-refractivity contribution in [2.45, 2.75) is 25.8 Å². The molecule has 1 unspecified atom stereocenters. The number of guanidine groups is 1. The second kappa shape index (κ2) is 8.50. The number of nitrogens with one attached hydrogen (secondary N) is 1. The number of aromatic nitrogens is 2. The molecule has 1 atom stereocenters. The second-order valence-electron chi connectivity index (χ2n) is 6.27. The molecular formula is C18H26IN5. The van der Waals surface area contributed by atoms with Crippen molar-refractivity contribution in [3.8, 4) is 0 Å². The molecule has 1 aliphatic heterocycles. The maximum absolute atomic E-state index is 4.45. The standard InChI is InChI=1S/C18H25N5.HI/c1-14-4-6-15(7-5-14)10-20-18(19-2)23-9-8-16(13-23)17-11-21-22(3)12-17;/h4-7,11-12,16H,8-10,13H2,1-3H3,(H,19,20);1H. The molecule has 2 heterocycles. The Morgan fingerprint density at radius 3 is 2.71 bits per heavy atom. The van der Waals surface area contributed by atoms with Crippen LogP contribution < -0.4 is 5.32 Å². The van der Waals surface area contributed by atoms with E-state index in [1.807, 2.05) is 25.0 Å². The number of hydrogen-bond donors (Lipinski definition) is 1. The topological polar surface area (TPSA) is 45.5 Å². The van der Waals surface area contributed by atoms with Gasteiger partial charge in [0.2, 0.25) is 0 Å². The highest BCUT2D eigenvalue weighted by molar-refractivity contribution is 14.0. The SMILES string of the molecule is CN=C(NCc1ccc(C)cc1)N1CCC(c2cnn(C)c2)C1.I. The molecule has 1 saturated heterocycles. The van der Waals surface area contributed by atoms with Crippen LogP contribution in [-0.4, -0.2) is 40.8 Å². The van der Waals surface area contributed by atoms with E-state index >= 15 is 0 Å². The fraction of sp³-hybridized carbons (Fsp3) is 0.444. The highest BCUT2D eigenvalue weighted by Crippen LogP contribution is 2.26. The Labute approximate surface area is 161 Å². The predicted octanol–water partition coefficient (Wildman–Crippen LogP) is 2.91. The minimum atomic E-state index is 0. The summed E-state index contributed by atoms with van der Waals surface area (Å²) in [7, 11) is 3.83. The Balaban J connectivity index is 0.00000208. The molecule has 0 radical (unpaired) electrons. The molecule has 0 saturated carbocycles. The first kappa shape index (κ1) is 18.8. The monoisotopic (exact) mass is 439 g/mol. The molecule has 1 aromatic carbocycles. The molecular weight excluding hydrogens is 413 g/mol. The van der Waals surface area contributed by atoms with Crippen molar-refractivity contribution in [3.63, 3.8) is 0 Å². The van der Waals surface area contributed by atoms with Crippen LogP contribution in [0.3, 0.4) is 0 Å². The fourth-order valence-corrected chi connectivity index (χ4v) is 3.10. The zero-order chi connectivity index (χ0) is 16.2. The minimum absolute atomic E-state index is 0. The summed E-state index contributed by atoms with van der Waals surface area (Å²) in [5.41, 5.74) is 3.89. The summed E-state index contributed by atoms with van der Waals surface area (Å²) in [6.45, 7) is 4.95. The molecule has 1 aliphatic rings. The van der Waals surface area contributed by atoms with Crippen LogP contribution in [0.25, 0.3) is 0 Å². The van der Waals surface area contributed by atoms with Gasteiger partial charge in [0.15, 0.2) is 5.96 Å². The third-order valence-corrected chi connectivity index (χ3v) is 4.47. The first-order chi connectivity index (χ1) is 11.2. The Morgan fingerprint density at radius 2 is 2.08 bits per heavy atom. The predicted molar refractivity (Wildman–Crippen MR) is 109 cm³/mol. The molecule has 1 aromatic heterocycles. The number of aryl methyl sites for hydroxylation is 2. The summed E-state index contributed by atoms with van der Waals surface area (Å²) < 4.78 is 1.88. The number of benzene rings is 1. The molecule has 130 valence electrons. The summed E-state index contributed by atoms with van der Waals surface area (Å²) in [5, 5.41) is 7.77. The van der Waals surface area contributed by atoms with E-state index in [2.05, 4.69) is 57.7 Å². The van der Waals surface area contributed by atoms with Gasteiger partial charge >= 0.3 is 0 Å². The van der Waals surface area contributed by atoms with E-state index in [1.54, 1.807) is 0 Å². The fourth-order valence-electron chi connectivity index (χ4n) is 3.10. The lowest BCUT2D eigenvalue weighted by Crippen LogP contribution is -2.39. The van der Waals surface area contributed by atoms with Gasteiger partial charge in [-0.25, -0.2) is 0 Å². The van der Waals surface area contributed by atoms with Gasteiger partial charge < -0.3 is 10.2 Å². The Bertz CT molecular complexity index is 677. The second-order valence-corrected chi connectivity index (χ2v) is 6.27. The van der Waals surface area contributed by atoms with E-state index in [0.717, 1.165) is 32.0 Å². The van der Waals surface area contributed by atoms with Crippen LogP contribution in [0.4, 0.5) is 0 Å². The highest BCUT2D eigenvalue weighted by atomic mass is 127. The van der Waals surface area contributed by atoms with Crippen LogP contribution in [0.5, 0.6) is 0 Å². The van der Waals surface area contributed by atoms with Gasteiger partial charge in [0, 0.05) is 45.8 Å². The minimum Gasteiger partial charge on any atom is -0.352 e. The van der Waals surface area contributed by atoms with Crippen LogP contribution in [-0.2, 0) is 13.6 Å². The Kier molecular flexibility index (Phi) is 6.65. The molecule has 0 amide bonds. The summed E-state index contributed by atoms with van der Waals surface area (Å²) >= 11 is 0. The van der Waals surface area contributed by atoms with Crippen LogP contribution >= 0.6 is 24.0 Å². The summed E-state index contributed by atoms with van der Waals surface area (Å²) in [6, 6.07) is 8.62. The summed E-state index contributed by atoms with van der Waals surface area (Å²) in [4.78, 5) is 6.79. The zero-order valence-corrected chi connectivity index (χ0v) is 16.9. The van der Waals surface area contributed by atoms with E-state index < -0.39 is 0 Å². The largest absolute Gasteiger partial charge is 0.352 e. The van der Waals surface area contributed by atoms with Crippen molar-refractivity contribution < 1.29 is 0 Å². The van der Waals surface area contributed by atoms with E-state index in [1.165, 1.54) is 16.7 Å². The van der Waals surface area contributed by atoms with Crippen molar-refractivity contribution >= 4 is 29.9 Å². The van der Waals surface area contributed by atoms with Crippen molar-refractivity contribution in [3.05, 3.63) is 53.3 Å². The maximum atomic E-state index is 4.45. The van der Waals surface area contributed by atoms with E-state index in [9.17, 15) is 0 Å². The maximum Gasteiger partial charge on any atom is 0.193 e. The van der Waals surface area contributed by atoms with Gasteiger partial charge in [0.25, 0.3) is 0 Å². The van der Waals surface area contributed by atoms with Crippen LogP contribution in [0.2, 0.25) is 0 Å². The molecule has 24 heavy (non-hydrogen) atoms. The molecule has 0 bridgehead atoms. The lowest BCUT2D eigenvalue weighted by Gasteiger charge is -2.21. The lowest BCUT2D eigenvalue weighted by atomic mass is 10.0. The average molecular weight is 439 g/mol. The number of likely N-dealkylation sites (tertiary alicyclic amines) is 1. The van der Waals surface area contributed by atoms with Crippen molar-refractivity contribution in [1.82, 2.24) is 20.0 Å². The Hall–Kier alpha value is -1.57. The number of rotatable bonds is 3. The van der Waals surface area contributed by atoms with E-state index in [-0.39, 0.29) is 24.0 Å². The smallest absolute Gasteiger partial charge is 0.193 e. The molecule has 6 heteroatoms. The van der Waals surface area contributed by atoms with E-state index in [4.69, 9.17) is 0 Å². The van der Waals surface area contributed by atoms with Crippen molar-refractivity contribution in [1.29, 1.82) is 0 Å². The molecule has 3 rings (SSSR count). The molecule has 0 aliphatic carbocycles. The lowest BCUT2D eigenvalue weighted by molar-refractivity contribution is 0.486.